The van der Waals surface area contributed by atoms with Crippen LogP contribution in [0, 0.1) is 6.92 Å². The van der Waals surface area contributed by atoms with Gasteiger partial charge in [0.15, 0.2) is 5.52 Å². The summed E-state index contributed by atoms with van der Waals surface area (Å²) >= 11 is 7.36. The first kappa shape index (κ1) is 18.5. The Bertz CT molecular complexity index is 998. The molecule has 0 unspecified atom stereocenters. The number of nitrogens with one attached hydrogen (secondary N) is 1. The minimum absolute atomic E-state index is 0.185. The van der Waals surface area contributed by atoms with Gasteiger partial charge < -0.3 is 10.1 Å². The van der Waals surface area contributed by atoms with Crippen molar-refractivity contribution in [3.05, 3.63) is 44.6 Å². The summed E-state index contributed by atoms with van der Waals surface area (Å²) in [6.45, 7) is 2.41. The minimum atomic E-state index is -0.385. The highest BCUT2D eigenvalue weighted by Crippen LogP contribution is 2.29. The third-order valence-electron chi connectivity index (χ3n) is 3.65. The van der Waals surface area contributed by atoms with Gasteiger partial charge in [-0.15, -0.1) is 11.3 Å². The van der Waals surface area contributed by atoms with E-state index < -0.39 is 0 Å². The molecule has 0 aliphatic heterocycles. The number of carbonyl (C=O) groups excluding carboxylic acids is 1. The molecule has 0 aliphatic rings. The van der Waals surface area contributed by atoms with Crippen molar-refractivity contribution in [2.45, 2.75) is 13.5 Å². The van der Waals surface area contributed by atoms with Crippen molar-refractivity contribution in [2.75, 3.05) is 20.3 Å². The lowest BCUT2D eigenvalue weighted by Gasteiger charge is -2.09. The molecule has 0 spiro atoms. The fourth-order valence-corrected chi connectivity index (χ4v) is 3.50. The summed E-state index contributed by atoms with van der Waals surface area (Å²) in [5.41, 5.74) is 1.34. The van der Waals surface area contributed by atoms with E-state index in [0.717, 1.165) is 15.3 Å². The van der Waals surface area contributed by atoms with Crippen molar-refractivity contribution in [1.82, 2.24) is 20.1 Å². The molecule has 0 bridgehead atoms. The van der Waals surface area contributed by atoms with Gasteiger partial charge in [0, 0.05) is 24.2 Å². The number of amides is 1. The van der Waals surface area contributed by atoms with Crippen LogP contribution in [0.3, 0.4) is 0 Å². The van der Waals surface area contributed by atoms with Crippen LogP contribution in [-0.4, -0.2) is 40.9 Å². The topological polar surface area (TPSA) is 86.1 Å². The van der Waals surface area contributed by atoms with Gasteiger partial charge in [-0.25, -0.2) is 9.67 Å². The molecule has 3 aromatic rings. The molecular formula is C17H17ClN4O3S. The van der Waals surface area contributed by atoms with Gasteiger partial charge in [0.25, 0.3) is 5.56 Å². The predicted octanol–water partition coefficient (Wildman–Crippen LogP) is 2.24. The average Bonchev–Trinajstić information content (AvgIpc) is 3.00. The second kappa shape index (κ2) is 7.94. The number of aromatic nitrogens is 3. The van der Waals surface area contributed by atoms with Crippen LogP contribution < -0.4 is 10.9 Å². The number of ether oxygens (including phenoxy) is 1. The van der Waals surface area contributed by atoms with Gasteiger partial charge in [0.05, 0.1) is 16.3 Å². The fourth-order valence-electron chi connectivity index (χ4n) is 2.45. The van der Waals surface area contributed by atoms with Gasteiger partial charge in [-0.3, -0.25) is 9.59 Å². The Morgan fingerprint density at radius 2 is 2.08 bits per heavy atom. The lowest BCUT2D eigenvalue weighted by atomic mass is 10.1. The van der Waals surface area contributed by atoms with E-state index in [0.29, 0.717) is 34.1 Å². The maximum Gasteiger partial charge on any atom is 0.294 e. The molecule has 7 nitrogen and oxygen atoms in total. The summed E-state index contributed by atoms with van der Waals surface area (Å²) in [6, 6.07) is 7.16. The zero-order valence-electron chi connectivity index (χ0n) is 14.3. The molecule has 1 N–H and O–H groups in total. The Kier molecular flexibility index (Phi) is 5.65. The zero-order valence-corrected chi connectivity index (χ0v) is 15.9. The summed E-state index contributed by atoms with van der Waals surface area (Å²) in [7, 11) is 1.55. The largest absolute Gasteiger partial charge is 0.383 e. The number of methoxy groups -OCH3 is 1. The Morgan fingerprint density at radius 1 is 1.35 bits per heavy atom. The van der Waals surface area contributed by atoms with Gasteiger partial charge >= 0.3 is 0 Å². The lowest BCUT2D eigenvalue weighted by molar-refractivity contribution is -0.122. The van der Waals surface area contributed by atoms with Gasteiger partial charge in [0.2, 0.25) is 5.91 Å². The molecule has 1 aromatic carbocycles. The third-order valence-corrected chi connectivity index (χ3v) is 4.88. The van der Waals surface area contributed by atoms with Crippen LogP contribution in [0.2, 0.25) is 5.02 Å². The second-order valence-corrected chi connectivity index (χ2v) is 7.21. The van der Waals surface area contributed by atoms with Gasteiger partial charge in [-0.05, 0) is 19.1 Å². The molecule has 0 saturated heterocycles. The highest BCUT2D eigenvalue weighted by Gasteiger charge is 2.17. The number of benzene rings is 1. The maximum absolute atomic E-state index is 12.7. The molecule has 0 radical (unpaired) electrons. The monoisotopic (exact) mass is 392 g/mol. The third kappa shape index (κ3) is 3.92. The smallest absolute Gasteiger partial charge is 0.294 e. The zero-order chi connectivity index (χ0) is 18.7. The minimum Gasteiger partial charge on any atom is -0.383 e. The Balaban J connectivity index is 2.04. The van der Waals surface area contributed by atoms with E-state index in [9.17, 15) is 9.59 Å². The van der Waals surface area contributed by atoms with Crippen LogP contribution in [0.4, 0.5) is 0 Å². The maximum atomic E-state index is 12.7. The van der Waals surface area contributed by atoms with E-state index in [4.69, 9.17) is 16.3 Å². The van der Waals surface area contributed by atoms with E-state index in [1.54, 1.807) is 19.2 Å². The molecule has 0 fully saturated rings. The molecule has 9 heteroatoms. The van der Waals surface area contributed by atoms with Crippen LogP contribution in [0.5, 0.6) is 0 Å². The summed E-state index contributed by atoms with van der Waals surface area (Å²) in [5.74, 6) is -0.315. The molecule has 2 aromatic heterocycles. The standard InChI is InChI=1S/C17H17ClN4O3S/c1-10-20-15-16(26-10)14(11-3-5-12(18)6-4-11)21-22(17(15)24)9-13(23)19-7-8-25-2/h3-6H,7-9H2,1-2H3,(H,19,23). The molecule has 0 atom stereocenters. The first-order valence-corrected chi connectivity index (χ1v) is 9.09. The number of aryl methyl sites for hydroxylation is 1. The van der Waals surface area contributed by atoms with Crippen LogP contribution in [0.1, 0.15) is 5.01 Å². The van der Waals surface area contributed by atoms with Gasteiger partial charge in [-0.1, -0.05) is 23.7 Å². The van der Waals surface area contributed by atoms with E-state index in [1.165, 1.54) is 11.3 Å². The number of carbonyl (C=O) groups is 1. The lowest BCUT2D eigenvalue weighted by Crippen LogP contribution is -2.35. The van der Waals surface area contributed by atoms with Crippen LogP contribution in [0.25, 0.3) is 21.5 Å². The highest BCUT2D eigenvalue weighted by atomic mass is 35.5. The number of thiazole rings is 1. The normalized spacial score (nSPS) is 11.0. The second-order valence-electron chi connectivity index (χ2n) is 5.57. The Labute approximate surface area is 158 Å². The van der Waals surface area contributed by atoms with Gasteiger partial charge in [-0.2, -0.15) is 5.10 Å². The van der Waals surface area contributed by atoms with Crippen molar-refractivity contribution in [1.29, 1.82) is 0 Å². The predicted molar refractivity (Wildman–Crippen MR) is 102 cm³/mol. The van der Waals surface area contributed by atoms with Crippen molar-refractivity contribution >= 4 is 39.1 Å². The van der Waals surface area contributed by atoms with E-state index in [-0.39, 0.29) is 18.0 Å². The molecule has 1 amide bonds. The molecule has 136 valence electrons. The summed E-state index contributed by atoms with van der Waals surface area (Å²) < 4.78 is 6.74. The average molecular weight is 393 g/mol. The molecule has 0 aliphatic carbocycles. The summed E-state index contributed by atoms with van der Waals surface area (Å²) in [4.78, 5) is 29.1. The number of hydrogen-bond donors (Lipinski definition) is 1. The van der Waals surface area contributed by atoms with E-state index in [1.807, 2.05) is 19.1 Å². The number of fused-ring (bicyclic) bond motifs is 1. The molecular weight excluding hydrogens is 376 g/mol. The molecule has 2 heterocycles. The first-order chi connectivity index (χ1) is 12.5. The number of hydrogen-bond acceptors (Lipinski definition) is 6. The van der Waals surface area contributed by atoms with Crippen LogP contribution in [-0.2, 0) is 16.1 Å². The quantitative estimate of drug-likeness (QED) is 0.650. The van der Waals surface area contributed by atoms with Crippen LogP contribution in [0.15, 0.2) is 29.1 Å². The fraction of sp³-hybridized carbons (Fsp3) is 0.294. The van der Waals surface area contributed by atoms with Crippen molar-refractivity contribution in [2.24, 2.45) is 0 Å². The SMILES string of the molecule is COCCNC(=O)Cn1nc(-c2ccc(Cl)cc2)c2sc(C)nc2c1=O. The Morgan fingerprint density at radius 3 is 2.77 bits per heavy atom. The van der Waals surface area contributed by atoms with Crippen molar-refractivity contribution in [3.8, 4) is 11.3 Å². The number of nitrogens with zero attached hydrogens (tertiary/aromatic N) is 3. The highest BCUT2D eigenvalue weighted by molar-refractivity contribution is 7.19. The molecule has 0 saturated carbocycles. The van der Waals surface area contributed by atoms with E-state index in [2.05, 4.69) is 15.4 Å². The summed E-state index contributed by atoms with van der Waals surface area (Å²) in [5, 5.41) is 8.47. The van der Waals surface area contributed by atoms with E-state index >= 15 is 0 Å². The molecule has 26 heavy (non-hydrogen) atoms. The van der Waals surface area contributed by atoms with Crippen molar-refractivity contribution < 1.29 is 9.53 Å². The van der Waals surface area contributed by atoms with Crippen LogP contribution >= 0.6 is 22.9 Å². The molecule has 3 rings (SSSR count). The Hall–Kier alpha value is -2.29. The summed E-state index contributed by atoms with van der Waals surface area (Å²) in [6.07, 6.45) is 0. The first-order valence-electron chi connectivity index (χ1n) is 7.89. The van der Waals surface area contributed by atoms with Crippen molar-refractivity contribution in [3.63, 3.8) is 0 Å². The number of halogens is 1. The van der Waals surface area contributed by atoms with Gasteiger partial charge in [0.1, 0.15) is 12.2 Å². The number of rotatable bonds is 6.